The fraction of sp³-hybridized carbons (Fsp3) is 0.400. The first-order chi connectivity index (χ1) is 13.0. The van der Waals surface area contributed by atoms with Gasteiger partial charge in [-0.05, 0) is 18.6 Å². The second-order valence-electron chi connectivity index (χ2n) is 6.93. The number of rotatable bonds is 7. The van der Waals surface area contributed by atoms with Crippen LogP contribution >= 0.6 is 0 Å². The van der Waals surface area contributed by atoms with Gasteiger partial charge in [-0.2, -0.15) is 0 Å². The number of Topliss-reactive ketones (excluding diaryl/α,β-unsaturated/α-hetero) is 1. The number of aliphatic carboxylic acids is 1. The van der Waals surface area contributed by atoms with Gasteiger partial charge in [0.1, 0.15) is 5.92 Å². The van der Waals surface area contributed by atoms with Gasteiger partial charge in [-0.3, -0.25) is 24.4 Å². The number of carbonyl (C=O) groups excluding carboxylic acids is 2. The molecule has 1 aromatic carbocycles. The maximum absolute atomic E-state index is 13.0. The lowest BCUT2D eigenvalue weighted by Crippen LogP contribution is -2.42. The van der Waals surface area contributed by atoms with Crippen LogP contribution in [-0.2, 0) is 9.59 Å². The van der Waals surface area contributed by atoms with Crippen LogP contribution in [0.1, 0.15) is 43.0 Å². The van der Waals surface area contributed by atoms with Crippen LogP contribution in [0.3, 0.4) is 0 Å². The number of nitrogens with two attached hydrogens (primary N) is 1. The Labute approximate surface area is 157 Å². The first-order valence-corrected chi connectivity index (χ1v) is 9.15. The summed E-state index contributed by atoms with van der Waals surface area (Å²) >= 11 is 0. The number of hydrazine groups is 1. The Balaban J connectivity index is 1.93. The molecule has 2 aromatic rings. The van der Waals surface area contributed by atoms with Crippen LogP contribution < -0.4 is 5.84 Å². The third-order valence-electron chi connectivity index (χ3n) is 5.20. The van der Waals surface area contributed by atoms with Crippen LogP contribution in [0.25, 0.3) is 10.9 Å². The number of carbonyl (C=O) groups is 3. The Morgan fingerprint density at radius 1 is 1.26 bits per heavy atom. The van der Waals surface area contributed by atoms with Crippen molar-refractivity contribution in [2.24, 2.45) is 17.7 Å². The van der Waals surface area contributed by atoms with Crippen molar-refractivity contribution >= 4 is 28.6 Å². The summed E-state index contributed by atoms with van der Waals surface area (Å²) in [6, 6.07) is 8.25. The molecule has 1 aliphatic rings. The van der Waals surface area contributed by atoms with Crippen molar-refractivity contribution in [3.8, 4) is 0 Å². The van der Waals surface area contributed by atoms with Crippen LogP contribution in [-0.4, -0.2) is 38.8 Å². The minimum absolute atomic E-state index is 0.223. The van der Waals surface area contributed by atoms with E-state index >= 15 is 0 Å². The van der Waals surface area contributed by atoms with Crippen molar-refractivity contribution in [2.45, 2.75) is 38.6 Å². The van der Waals surface area contributed by atoms with E-state index in [1.54, 1.807) is 6.07 Å². The van der Waals surface area contributed by atoms with Gasteiger partial charge in [0.05, 0.1) is 17.5 Å². The SMILES string of the molecule is CCCCC[C@@H]1[C@H](C(=O)O)C(C(=O)c2cnc3ccccc3c2)C(=O)N1N. The number of fused-ring (bicyclic) bond motifs is 1. The molecule has 1 fully saturated rings. The summed E-state index contributed by atoms with van der Waals surface area (Å²) in [5.74, 6) is 1.06. The second kappa shape index (κ2) is 7.84. The van der Waals surface area contributed by atoms with Crippen molar-refractivity contribution in [3.05, 3.63) is 42.1 Å². The van der Waals surface area contributed by atoms with E-state index in [-0.39, 0.29) is 5.56 Å². The van der Waals surface area contributed by atoms with E-state index in [2.05, 4.69) is 4.98 Å². The number of pyridine rings is 1. The van der Waals surface area contributed by atoms with Crippen molar-refractivity contribution in [1.29, 1.82) is 0 Å². The van der Waals surface area contributed by atoms with Gasteiger partial charge in [-0.25, -0.2) is 5.84 Å². The minimum Gasteiger partial charge on any atom is -0.481 e. The van der Waals surface area contributed by atoms with E-state index in [0.717, 1.165) is 35.2 Å². The average molecular weight is 369 g/mol. The quantitative estimate of drug-likeness (QED) is 0.255. The lowest BCUT2D eigenvalue weighted by Gasteiger charge is -2.22. The van der Waals surface area contributed by atoms with E-state index in [9.17, 15) is 19.5 Å². The molecule has 3 N–H and O–H groups in total. The number of unbranched alkanes of at least 4 members (excludes halogenated alkanes) is 2. The molecule has 142 valence electrons. The number of nitrogens with zero attached hydrogens (tertiary/aromatic N) is 2. The fourth-order valence-corrected chi connectivity index (χ4v) is 3.76. The van der Waals surface area contributed by atoms with Gasteiger partial charge in [0, 0.05) is 17.1 Å². The second-order valence-corrected chi connectivity index (χ2v) is 6.93. The number of aromatic nitrogens is 1. The minimum atomic E-state index is -1.32. The largest absolute Gasteiger partial charge is 0.481 e. The summed E-state index contributed by atoms with van der Waals surface area (Å²) < 4.78 is 0. The highest BCUT2D eigenvalue weighted by Crippen LogP contribution is 2.35. The van der Waals surface area contributed by atoms with Crippen LogP contribution in [0, 0.1) is 11.8 Å². The van der Waals surface area contributed by atoms with E-state index in [1.165, 1.54) is 6.20 Å². The van der Waals surface area contributed by atoms with E-state index < -0.39 is 35.5 Å². The van der Waals surface area contributed by atoms with Gasteiger partial charge in [0.25, 0.3) is 0 Å². The van der Waals surface area contributed by atoms with Gasteiger partial charge in [-0.1, -0.05) is 44.4 Å². The van der Waals surface area contributed by atoms with Crippen LogP contribution in [0.5, 0.6) is 0 Å². The van der Waals surface area contributed by atoms with Crippen LogP contribution in [0.4, 0.5) is 0 Å². The van der Waals surface area contributed by atoms with Crippen LogP contribution in [0.15, 0.2) is 36.5 Å². The third-order valence-corrected chi connectivity index (χ3v) is 5.20. The number of carboxylic acid groups (broad SMARTS) is 1. The first-order valence-electron chi connectivity index (χ1n) is 9.15. The summed E-state index contributed by atoms with van der Waals surface area (Å²) in [5, 5.41) is 11.4. The molecule has 0 aliphatic carbocycles. The highest BCUT2D eigenvalue weighted by Gasteiger charge is 2.54. The van der Waals surface area contributed by atoms with Gasteiger partial charge in [0.2, 0.25) is 5.91 Å². The number of carboxylic acids is 1. The third kappa shape index (κ3) is 3.55. The maximum Gasteiger partial charge on any atom is 0.309 e. The lowest BCUT2D eigenvalue weighted by molar-refractivity contribution is -0.144. The maximum atomic E-state index is 13.0. The smallest absolute Gasteiger partial charge is 0.309 e. The van der Waals surface area contributed by atoms with Crippen molar-refractivity contribution in [2.75, 3.05) is 0 Å². The standard InChI is InChI=1S/C20H23N3O4/c1-2-3-4-9-15-16(20(26)27)17(19(25)23(15)21)18(24)13-10-12-7-5-6-8-14(12)22-11-13/h5-8,10-11,15-17H,2-4,9,21H2,1H3,(H,26,27)/t15-,16+,17?/m1/s1. The number of para-hydroxylation sites is 1. The molecule has 3 atom stereocenters. The zero-order chi connectivity index (χ0) is 19.6. The zero-order valence-electron chi connectivity index (χ0n) is 15.2. The van der Waals surface area contributed by atoms with E-state index in [4.69, 9.17) is 5.84 Å². The van der Waals surface area contributed by atoms with E-state index in [0.29, 0.717) is 6.42 Å². The van der Waals surface area contributed by atoms with Crippen molar-refractivity contribution < 1.29 is 19.5 Å². The monoisotopic (exact) mass is 369 g/mol. The average Bonchev–Trinajstić information content (AvgIpc) is 2.92. The number of amides is 1. The molecular formula is C20H23N3O4. The molecule has 0 saturated carbocycles. The predicted molar refractivity (Wildman–Crippen MR) is 99.7 cm³/mol. The topological polar surface area (TPSA) is 114 Å². The Kier molecular flexibility index (Phi) is 5.51. The van der Waals surface area contributed by atoms with Crippen molar-refractivity contribution in [1.82, 2.24) is 9.99 Å². The highest BCUT2D eigenvalue weighted by molar-refractivity contribution is 6.14. The molecule has 1 amide bonds. The molecular weight excluding hydrogens is 346 g/mol. The van der Waals surface area contributed by atoms with Gasteiger partial charge >= 0.3 is 5.97 Å². The predicted octanol–water partition coefficient (Wildman–Crippen LogP) is 2.40. The van der Waals surface area contributed by atoms with Crippen LogP contribution in [0.2, 0.25) is 0 Å². The Morgan fingerprint density at radius 3 is 2.70 bits per heavy atom. The van der Waals surface area contributed by atoms with Crippen molar-refractivity contribution in [3.63, 3.8) is 0 Å². The molecule has 2 heterocycles. The molecule has 1 aliphatic heterocycles. The molecule has 7 nitrogen and oxygen atoms in total. The summed E-state index contributed by atoms with van der Waals surface area (Å²) in [4.78, 5) is 41.8. The molecule has 3 rings (SSSR count). The van der Waals surface area contributed by atoms with Gasteiger partial charge in [0.15, 0.2) is 5.78 Å². The molecule has 7 heteroatoms. The fourth-order valence-electron chi connectivity index (χ4n) is 3.76. The Hall–Kier alpha value is -2.80. The molecule has 0 bridgehead atoms. The molecule has 27 heavy (non-hydrogen) atoms. The highest BCUT2D eigenvalue weighted by atomic mass is 16.4. The molecule has 1 aromatic heterocycles. The van der Waals surface area contributed by atoms with Gasteiger partial charge < -0.3 is 5.11 Å². The van der Waals surface area contributed by atoms with E-state index in [1.807, 2.05) is 31.2 Å². The molecule has 1 saturated heterocycles. The number of hydrogen-bond acceptors (Lipinski definition) is 5. The number of benzene rings is 1. The summed E-state index contributed by atoms with van der Waals surface area (Å²) in [6.45, 7) is 2.04. The summed E-state index contributed by atoms with van der Waals surface area (Å²) in [5.41, 5.74) is 0.945. The number of ketones is 1. The Morgan fingerprint density at radius 2 is 2.00 bits per heavy atom. The summed E-state index contributed by atoms with van der Waals surface area (Å²) in [7, 11) is 0. The molecule has 1 unspecified atom stereocenters. The van der Waals surface area contributed by atoms with Gasteiger partial charge in [-0.15, -0.1) is 0 Å². The Bertz CT molecular complexity index is 882. The lowest BCUT2D eigenvalue weighted by atomic mass is 9.83. The zero-order valence-corrected chi connectivity index (χ0v) is 15.2. The number of hydrogen-bond donors (Lipinski definition) is 2. The normalized spacial score (nSPS) is 22.4. The molecule has 0 radical (unpaired) electrons. The molecule has 0 spiro atoms. The summed E-state index contributed by atoms with van der Waals surface area (Å²) in [6.07, 6.45) is 4.49. The first kappa shape index (κ1) is 19.0.